The number of carbonyl (C=O) groups excluding carboxylic acids is 1. The molecule has 0 fully saturated rings. The smallest absolute Gasteiger partial charge is 0.408 e. The SMILES string of the molecule is O=C(NC(CBr)C(=O)O)OCc1ccccc1. The van der Waals surface area contributed by atoms with Crippen LogP contribution < -0.4 is 5.32 Å². The Labute approximate surface area is 107 Å². The van der Waals surface area contributed by atoms with E-state index >= 15 is 0 Å². The van der Waals surface area contributed by atoms with Crippen LogP contribution in [0.15, 0.2) is 30.3 Å². The van der Waals surface area contributed by atoms with Crippen molar-refractivity contribution in [3.05, 3.63) is 35.9 Å². The molecule has 0 saturated carbocycles. The lowest BCUT2D eigenvalue weighted by molar-refractivity contribution is -0.138. The van der Waals surface area contributed by atoms with E-state index in [4.69, 9.17) is 9.84 Å². The van der Waals surface area contributed by atoms with Gasteiger partial charge in [0, 0.05) is 5.33 Å². The van der Waals surface area contributed by atoms with Gasteiger partial charge in [0.15, 0.2) is 0 Å². The van der Waals surface area contributed by atoms with Crippen LogP contribution >= 0.6 is 15.9 Å². The Bertz CT molecular complexity index is 382. The Hall–Kier alpha value is -1.56. The number of carboxylic acids is 1. The number of amides is 1. The van der Waals surface area contributed by atoms with Crippen LogP contribution in [-0.2, 0) is 16.1 Å². The average molecular weight is 302 g/mol. The second kappa shape index (κ2) is 6.90. The number of halogens is 1. The molecule has 0 aliphatic rings. The molecule has 2 N–H and O–H groups in total. The van der Waals surface area contributed by atoms with Crippen LogP contribution in [-0.4, -0.2) is 28.5 Å². The predicted molar refractivity (Wildman–Crippen MR) is 65.0 cm³/mol. The lowest BCUT2D eigenvalue weighted by atomic mass is 10.2. The molecule has 5 nitrogen and oxygen atoms in total. The zero-order valence-corrected chi connectivity index (χ0v) is 10.5. The highest BCUT2D eigenvalue weighted by Gasteiger charge is 2.18. The fourth-order valence-electron chi connectivity index (χ4n) is 1.07. The Balaban J connectivity index is 2.37. The van der Waals surface area contributed by atoms with Gasteiger partial charge < -0.3 is 15.2 Å². The second-order valence-corrected chi connectivity index (χ2v) is 3.90. The molecule has 92 valence electrons. The van der Waals surface area contributed by atoms with Crippen molar-refractivity contribution in [1.29, 1.82) is 0 Å². The Morgan fingerprint density at radius 2 is 2.00 bits per heavy atom. The van der Waals surface area contributed by atoms with Gasteiger partial charge in [0.2, 0.25) is 0 Å². The maximum atomic E-state index is 11.3. The van der Waals surface area contributed by atoms with Crippen LogP contribution in [0.1, 0.15) is 5.56 Å². The van der Waals surface area contributed by atoms with E-state index in [0.717, 1.165) is 5.56 Å². The van der Waals surface area contributed by atoms with Crippen molar-refractivity contribution >= 4 is 28.0 Å². The van der Waals surface area contributed by atoms with Crippen molar-refractivity contribution in [2.75, 3.05) is 5.33 Å². The quantitative estimate of drug-likeness (QED) is 0.813. The maximum absolute atomic E-state index is 11.3. The Morgan fingerprint density at radius 3 is 2.53 bits per heavy atom. The molecular weight excluding hydrogens is 290 g/mol. The Kier molecular flexibility index (Phi) is 5.48. The number of carboxylic acid groups (broad SMARTS) is 1. The van der Waals surface area contributed by atoms with E-state index in [1.165, 1.54) is 0 Å². The normalized spacial score (nSPS) is 11.6. The van der Waals surface area contributed by atoms with Crippen LogP contribution in [0, 0.1) is 0 Å². The van der Waals surface area contributed by atoms with Crippen LogP contribution in [0.25, 0.3) is 0 Å². The van der Waals surface area contributed by atoms with Crippen molar-refractivity contribution in [2.24, 2.45) is 0 Å². The van der Waals surface area contributed by atoms with E-state index < -0.39 is 18.1 Å². The summed E-state index contributed by atoms with van der Waals surface area (Å²) in [4.78, 5) is 21.9. The van der Waals surface area contributed by atoms with E-state index in [2.05, 4.69) is 21.2 Å². The summed E-state index contributed by atoms with van der Waals surface area (Å²) in [6, 6.07) is 8.15. The summed E-state index contributed by atoms with van der Waals surface area (Å²) in [7, 11) is 0. The van der Waals surface area contributed by atoms with E-state index in [1.54, 1.807) is 0 Å². The number of carbonyl (C=O) groups is 2. The summed E-state index contributed by atoms with van der Waals surface area (Å²) in [6.45, 7) is 0.112. The minimum absolute atomic E-state index is 0.112. The van der Waals surface area contributed by atoms with Crippen LogP contribution in [0.5, 0.6) is 0 Å². The van der Waals surface area contributed by atoms with Crippen molar-refractivity contribution < 1.29 is 19.4 Å². The fourth-order valence-corrected chi connectivity index (χ4v) is 1.51. The molecule has 0 spiro atoms. The van der Waals surface area contributed by atoms with Crippen LogP contribution in [0.3, 0.4) is 0 Å². The maximum Gasteiger partial charge on any atom is 0.408 e. The molecule has 17 heavy (non-hydrogen) atoms. The standard InChI is InChI=1S/C11H12BrNO4/c12-6-9(10(14)15)13-11(16)17-7-8-4-2-1-3-5-8/h1-5,9H,6-7H2,(H,13,16)(H,14,15). The molecule has 0 bridgehead atoms. The molecule has 0 aromatic heterocycles. The van der Waals surface area contributed by atoms with Crippen molar-refractivity contribution in [1.82, 2.24) is 5.32 Å². The number of aliphatic carboxylic acids is 1. The average Bonchev–Trinajstić information content (AvgIpc) is 2.34. The molecule has 1 amide bonds. The first-order valence-electron chi connectivity index (χ1n) is 4.89. The molecule has 1 aromatic carbocycles. The topological polar surface area (TPSA) is 75.6 Å². The summed E-state index contributed by atoms with van der Waals surface area (Å²) in [6.07, 6.45) is -0.749. The summed E-state index contributed by atoms with van der Waals surface area (Å²) < 4.78 is 4.88. The molecule has 1 aromatic rings. The Morgan fingerprint density at radius 1 is 1.35 bits per heavy atom. The molecule has 0 radical (unpaired) electrons. The highest BCUT2D eigenvalue weighted by atomic mass is 79.9. The van der Waals surface area contributed by atoms with Gasteiger partial charge >= 0.3 is 12.1 Å². The van der Waals surface area contributed by atoms with Gasteiger partial charge in [-0.15, -0.1) is 0 Å². The number of benzene rings is 1. The molecular formula is C11H12BrNO4. The van der Waals surface area contributed by atoms with E-state index in [1.807, 2.05) is 30.3 Å². The van der Waals surface area contributed by atoms with Gasteiger partial charge in [-0.3, -0.25) is 0 Å². The van der Waals surface area contributed by atoms with Gasteiger partial charge in [0.05, 0.1) is 0 Å². The zero-order chi connectivity index (χ0) is 12.7. The zero-order valence-electron chi connectivity index (χ0n) is 8.93. The number of rotatable bonds is 5. The number of alkyl carbamates (subject to hydrolysis) is 1. The molecule has 0 aliphatic carbocycles. The van der Waals surface area contributed by atoms with Gasteiger partial charge in [-0.1, -0.05) is 46.3 Å². The molecule has 6 heteroatoms. The molecule has 1 atom stereocenters. The first-order chi connectivity index (χ1) is 8.13. The minimum atomic E-state index is -1.11. The molecule has 1 rings (SSSR count). The number of nitrogens with one attached hydrogen (secondary N) is 1. The monoisotopic (exact) mass is 301 g/mol. The van der Waals surface area contributed by atoms with Crippen molar-refractivity contribution in [3.8, 4) is 0 Å². The summed E-state index contributed by atoms with van der Waals surface area (Å²) in [5, 5.41) is 11.1. The van der Waals surface area contributed by atoms with Gasteiger partial charge in [-0.2, -0.15) is 0 Å². The number of alkyl halides is 1. The van der Waals surface area contributed by atoms with Gasteiger partial charge in [-0.25, -0.2) is 9.59 Å². The number of hydrogen-bond acceptors (Lipinski definition) is 3. The molecule has 0 aliphatic heterocycles. The first-order valence-corrected chi connectivity index (χ1v) is 6.01. The largest absolute Gasteiger partial charge is 0.480 e. The highest BCUT2D eigenvalue weighted by molar-refractivity contribution is 9.09. The molecule has 0 saturated heterocycles. The molecule has 1 unspecified atom stereocenters. The van der Waals surface area contributed by atoms with Gasteiger partial charge in [-0.05, 0) is 5.56 Å². The van der Waals surface area contributed by atoms with Crippen molar-refractivity contribution in [3.63, 3.8) is 0 Å². The molecule has 0 heterocycles. The predicted octanol–water partition coefficient (Wildman–Crippen LogP) is 1.76. The van der Waals surface area contributed by atoms with Crippen LogP contribution in [0.4, 0.5) is 4.79 Å². The lowest BCUT2D eigenvalue weighted by Gasteiger charge is -2.11. The summed E-state index contributed by atoms with van der Waals surface area (Å²) in [5.74, 6) is -1.11. The van der Waals surface area contributed by atoms with E-state index in [0.29, 0.717) is 0 Å². The third-order valence-electron chi connectivity index (χ3n) is 1.96. The third kappa shape index (κ3) is 4.86. The summed E-state index contributed by atoms with van der Waals surface area (Å²) >= 11 is 2.99. The van der Waals surface area contributed by atoms with Crippen LogP contribution in [0.2, 0.25) is 0 Å². The fraction of sp³-hybridized carbons (Fsp3) is 0.273. The minimum Gasteiger partial charge on any atom is -0.480 e. The highest BCUT2D eigenvalue weighted by Crippen LogP contribution is 2.01. The number of hydrogen-bond donors (Lipinski definition) is 2. The lowest BCUT2D eigenvalue weighted by Crippen LogP contribution is -2.42. The number of ether oxygens (including phenoxy) is 1. The van der Waals surface area contributed by atoms with Gasteiger partial charge in [0.25, 0.3) is 0 Å². The van der Waals surface area contributed by atoms with Crippen molar-refractivity contribution in [2.45, 2.75) is 12.6 Å². The third-order valence-corrected chi connectivity index (χ3v) is 2.60. The first kappa shape index (κ1) is 13.5. The van der Waals surface area contributed by atoms with Gasteiger partial charge in [0.1, 0.15) is 12.6 Å². The second-order valence-electron chi connectivity index (χ2n) is 3.25. The summed E-state index contributed by atoms with van der Waals surface area (Å²) in [5.41, 5.74) is 0.841. The van der Waals surface area contributed by atoms with E-state index in [9.17, 15) is 9.59 Å². The van der Waals surface area contributed by atoms with E-state index in [-0.39, 0.29) is 11.9 Å².